The number of nitrogens with zero attached hydrogens (tertiary/aromatic N) is 3. The largest absolute Gasteiger partial charge is 0.337 e. The first kappa shape index (κ1) is 17.4. The fourth-order valence-electron chi connectivity index (χ4n) is 2.05. The van der Waals surface area contributed by atoms with Crippen molar-refractivity contribution in [3.63, 3.8) is 0 Å². The lowest BCUT2D eigenvalue weighted by atomic mass is 10.1. The van der Waals surface area contributed by atoms with Crippen molar-refractivity contribution in [2.24, 2.45) is 5.84 Å². The van der Waals surface area contributed by atoms with Crippen LogP contribution in [0.2, 0.25) is 0 Å². The fraction of sp³-hybridized carbons (Fsp3) is 0.600. The highest BCUT2D eigenvalue weighted by Gasteiger charge is 2.16. The Kier molecular flexibility index (Phi) is 7.11. The zero-order chi connectivity index (χ0) is 15.8. The molecule has 0 aliphatic rings. The molecule has 0 saturated carbocycles. The van der Waals surface area contributed by atoms with Crippen LogP contribution in [-0.2, 0) is 6.42 Å². The first-order valence-corrected chi connectivity index (χ1v) is 7.43. The molecule has 1 rings (SSSR count). The third kappa shape index (κ3) is 5.32. The number of amides is 1. The second-order valence-electron chi connectivity index (χ2n) is 5.33. The molecule has 0 aromatic carbocycles. The maximum atomic E-state index is 12.7. The summed E-state index contributed by atoms with van der Waals surface area (Å²) < 4.78 is 0. The number of aryl methyl sites for hydroxylation is 1. The number of aromatic nitrogens is 1. The summed E-state index contributed by atoms with van der Waals surface area (Å²) in [6, 6.07) is 3.56. The molecule has 0 spiro atoms. The summed E-state index contributed by atoms with van der Waals surface area (Å²) >= 11 is 0. The maximum Gasteiger partial charge on any atom is 0.254 e. The molecule has 0 fully saturated rings. The average Bonchev–Trinajstić information content (AvgIpc) is 2.49. The Balaban J connectivity index is 2.96. The second-order valence-corrected chi connectivity index (χ2v) is 5.33. The van der Waals surface area contributed by atoms with E-state index in [9.17, 15) is 4.79 Å². The lowest BCUT2D eigenvalue weighted by Gasteiger charge is -2.24. The van der Waals surface area contributed by atoms with Crippen molar-refractivity contribution in [2.45, 2.75) is 26.7 Å². The standard InChI is InChI=1S/C15H27N5O/c1-5-7-20(9-8-19(3)4)15(21)12-10-13(6-2)17-14(11-12)18-16/h10-11H,5-9,16H2,1-4H3,(H,17,18). The molecule has 118 valence electrons. The van der Waals surface area contributed by atoms with Gasteiger partial charge in [-0.05, 0) is 39.1 Å². The molecule has 6 heteroatoms. The molecular formula is C15H27N5O. The van der Waals surface area contributed by atoms with Gasteiger partial charge >= 0.3 is 0 Å². The average molecular weight is 293 g/mol. The van der Waals surface area contributed by atoms with Crippen LogP contribution < -0.4 is 11.3 Å². The van der Waals surface area contributed by atoms with Gasteiger partial charge in [-0.25, -0.2) is 10.8 Å². The third-order valence-corrected chi connectivity index (χ3v) is 3.23. The van der Waals surface area contributed by atoms with Gasteiger partial charge in [-0.15, -0.1) is 0 Å². The van der Waals surface area contributed by atoms with Gasteiger partial charge in [0.05, 0.1) is 0 Å². The van der Waals surface area contributed by atoms with Gasteiger partial charge in [0.15, 0.2) is 0 Å². The summed E-state index contributed by atoms with van der Waals surface area (Å²) in [5.41, 5.74) is 4.03. The Morgan fingerprint density at radius 2 is 1.95 bits per heavy atom. The van der Waals surface area contributed by atoms with E-state index in [0.717, 1.165) is 38.2 Å². The number of carbonyl (C=O) groups is 1. The van der Waals surface area contributed by atoms with Crippen LogP contribution in [0.25, 0.3) is 0 Å². The number of hydrogen-bond donors (Lipinski definition) is 2. The Morgan fingerprint density at radius 1 is 1.24 bits per heavy atom. The maximum absolute atomic E-state index is 12.7. The predicted octanol–water partition coefficient (Wildman–Crippen LogP) is 1.34. The van der Waals surface area contributed by atoms with E-state index in [2.05, 4.69) is 22.2 Å². The summed E-state index contributed by atoms with van der Waals surface area (Å²) in [6.07, 6.45) is 1.70. The van der Waals surface area contributed by atoms with E-state index in [1.807, 2.05) is 32.0 Å². The van der Waals surface area contributed by atoms with E-state index < -0.39 is 0 Å². The highest BCUT2D eigenvalue weighted by Crippen LogP contribution is 2.13. The van der Waals surface area contributed by atoms with Gasteiger partial charge in [0.2, 0.25) is 0 Å². The summed E-state index contributed by atoms with van der Waals surface area (Å²) in [5, 5.41) is 0. The van der Waals surface area contributed by atoms with Crippen molar-refractivity contribution in [1.29, 1.82) is 0 Å². The molecule has 6 nitrogen and oxygen atoms in total. The van der Waals surface area contributed by atoms with E-state index in [4.69, 9.17) is 5.84 Å². The van der Waals surface area contributed by atoms with Crippen molar-refractivity contribution >= 4 is 11.7 Å². The van der Waals surface area contributed by atoms with Gasteiger partial charge in [-0.1, -0.05) is 13.8 Å². The topological polar surface area (TPSA) is 74.5 Å². The van der Waals surface area contributed by atoms with Crippen LogP contribution in [0.4, 0.5) is 5.82 Å². The van der Waals surface area contributed by atoms with Crippen molar-refractivity contribution in [3.05, 3.63) is 23.4 Å². The van der Waals surface area contributed by atoms with Crippen LogP contribution >= 0.6 is 0 Å². The molecule has 0 atom stereocenters. The third-order valence-electron chi connectivity index (χ3n) is 3.23. The van der Waals surface area contributed by atoms with Crippen molar-refractivity contribution in [3.8, 4) is 0 Å². The highest BCUT2D eigenvalue weighted by molar-refractivity contribution is 5.95. The monoisotopic (exact) mass is 293 g/mol. The van der Waals surface area contributed by atoms with E-state index in [1.54, 1.807) is 6.07 Å². The Labute approximate surface area is 127 Å². The molecule has 0 bridgehead atoms. The molecule has 1 amide bonds. The molecule has 0 saturated heterocycles. The van der Waals surface area contributed by atoms with Crippen molar-refractivity contribution in [1.82, 2.24) is 14.8 Å². The summed E-state index contributed by atoms with van der Waals surface area (Å²) in [6.45, 7) is 6.40. The molecule has 21 heavy (non-hydrogen) atoms. The number of pyridine rings is 1. The van der Waals surface area contributed by atoms with E-state index >= 15 is 0 Å². The van der Waals surface area contributed by atoms with Crippen LogP contribution in [0.1, 0.15) is 36.3 Å². The lowest BCUT2D eigenvalue weighted by Crippen LogP contribution is -2.37. The van der Waals surface area contributed by atoms with Gasteiger partial charge in [-0.2, -0.15) is 0 Å². The molecular weight excluding hydrogens is 266 g/mol. The summed E-state index contributed by atoms with van der Waals surface area (Å²) in [7, 11) is 4.01. The molecule has 0 aliphatic heterocycles. The van der Waals surface area contributed by atoms with E-state index in [0.29, 0.717) is 11.4 Å². The number of hydrazine groups is 1. The minimum Gasteiger partial charge on any atom is -0.337 e. The number of likely N-dealkylation sites (N-methyl/N-ethyl adjacent to an activating group) is 1. The van der Waals surface area contributed by atoms with Gasteiger partial charge in [0, 0.05) is 30.9 Å². The number of rotatable bonds is 8. The molecule has 1 aromatic rings. The number of anilines is 1. The van der Waals surface area contributed by atoms with Gasteiger partial charge in [-0.3, -0.25) is 4.79 Å². The quantitative estimate of drug-likeness (QED) is 0.559. The molecule has 1 aromatic heterocycles. The summed E-state index contributed by atoms with van der Waals surface area (Å²) in [4.78, 5) is 21.0. The Hall–Kier alpha value is -1.66. The minimum atomic E-state index is 0.0345. The number of nitrogens with one attached hydrogen (secondary N) is 1. The number of nitrogens with two attached hydrogens (primary N) is 1. The van der Waals surface area contributed by atoms with Crippen molar-refractivity contribution < 1.29 is 4.79 Å². The number of nitrogen functional groups attached to an aromatic ring is 1. The molecule has 0 radical (unpaired) electrons. The van der Waals surface area contributed by atoms with Crippen LogP contribution in [0, 0.1) is 0 Å². The second kappa shape index (κ2) is 8.59. The van der Waals surface area contributed by atoms with Gasteiger partial charge < -0.3 is 15.2 Å². The number of carbonyl (C=O) groups excluding carboxylic acids is 1. The van der Waals surface area contributed by atoms with Crippen molar-refractivity contribution in [2.75, 3.05) is 39.2 Å². The zero-order valence-corrected chi connectivity index (χ0v) is 13.5. The first-order valence-electron chi connectivity index (χ1n) is 7.43. The first-order chi connectivity index (χ1) is 10.0. The summed E-state index contributed by atoms with van der Waals surface area (Å²) in [5.74, 6) is 6.00. The van der Waals surface area contributed by atoms with Crippen LogP contribution in [0.15, 0.2) is 12.1 Å². The molecule has 3 N–H and O–H groups in total. The van der Waals surface area contributed by atoms with Gasteiger partial charge in [0.25, 0.3) is 5.91 Å². The fourth-order valence-corrected chi connectivity index (χ4v) is 2.05. The van der Waals surface area contributed by atoms with Crippen LogP contribution in [-0.4, -0.2) is 54.4 Å². The van der Waals surface area contributed by atoms with E-state index in [-0.39, 0.29) is 5.91 Å². The SMILES string of the molecule is CCCN(CCN(C)C)C(=O)c1cc(CC)nc(NN)c1. The Morgan fingerprint density at radius 3 is 2.48 bits per heavy atom. The smallest absolute Gasteiger partial charge is 0.254 e. The zero-order valence-electron chi connectivity index (χ0n) is 13.5. The molecule has 1 heterocycles. The minimum absolute atomic E-state index is 0.0345. The normalized spacial score (nSPS) is 10.8. The Bertz CT molecular complexity index is 439. The van der Waals surface area contributed by atoms with Crippen LogP contribution in [0.5, 0.6) is 0 Å². The predicted molar refractivity (Wildman–Crippen MR) is 86.2 cm³/mol. The number of hydrogen-bond acceptors (Lipinski definition) is 5. The molecule has 0 aliphatic carbocycles. The molecule has 0 unspecified atom stereocenters. The van der Waals surface area contributed by atoms with Gasteiger partial charge in [0.1, 0.15) is 5.82 Å². The highest BCUT2D eigenvalue weighted by atomic mass is 16.2. The lowest BCUT2D eigenvalue weighted by molar-refractivity contribution is 0.0745. The van der Waals surface area contributed by atoms with E-state index in [1.165, 1.54) is 0 Å². The van der Waals surface area contributed by atoms with Crippen LogP contribution in [0.3, 0.4) is 0 Å².